The molecular weight excluding hydrogens is 300 g/mol. The summed E-state index contributed by atoms with van der Waals surface area (Å²) in [5, 5.41) is 0. The first-order chi connectivity index (χ1) is 9.04. The Balaban J connectivity index is 2.20. The summed E-state index contributed by atoms with van der Waals surface area (Å²) in [4.78, 5) is 8.12. The van der Waals surface area contributed by atoms with Crippen LogP contribution in [0, 0.1) is 20.8 Å². The molecule has 0 unspecified atom stereocenters. The number of aryl methyl sites for hydroxylation is 3. The summed E-state index contributed by atoms with van der Waals surface area (Å²) < 4.78 is 1.09. The van der Waals surface area contributed by atoms with E-state index in [2.05, 4.69) is 66.0 Å². The molecule has 0 atom stereocenters. The maximum Gasteiger partial charge on any atom is 0.138 e. The number of nitrogens with one attached hydrogen (secondary N) is 1. The van der Waals surface area contributed by atoms with Gasteiger partial charge in [-0.05, 0) is 67.8 Å². The van der Waals surface area contributed by atoms with E-state index >= 15 is 0 Å². The summed E-state index contributed by atoms with van der Waals surface area (Å²) in [7, 11) is 0. The fourth-order valence-corrected chi connectivity index (χ4v) is 2.77. The average molecular weight is 315 g/mol. The standard InChI is InChI=1S/C16H15BrN2/c1-9-7-14-15(8-10(9)2)19-16(18-14)13-5-4-12(17)6-11(13)3/h4-8H,1-3H3,(H,18,19). The molecule has 0 saturated heterocycles. The monoisotopic (exact) mass is 314 g/mol. The highest BCUT2D eigenvalue weighted by atomic mass is 79.9. The van der Waals surface area contributed by atoms with E-state index in [4.69, 9.17) is 4.98 Å². The number of hydrogen-bond acceptors (Lipinski definition) is 1. The van der Waals surface area contributed by atoms with Gasteiger partial charge in [-0.25, -0.2) is 4.98 Å². The Hall–Kier alpha value is -1.61. The SMILES string of the molecule is Cc1cc2nc(-c3ccc(Br)cc3C)[nH]c2cc1C. The highest BCUT2D eigenvalue weighted by Gasteiger charge is 2.09. The zero-order valence-electron chi connectivity index (χ0n) is 11.2. The Morgan fingerprint density at radius 2 is 1.68 bits per heavy atom. The third-order valence-electron chi connectivity index (χ3n) is 3.54. The second-order valence-corrected chi connectivity index (χ2v) is 5.91. The van der Waals surface area contributed by atoms with E-state index in [0.29, 0.717) is 0 Å². The highest BCUT2D eigenvalue weighted by molar-refractivity contribution is 9.10. The summed E-state index contributed by atoms with van der Waals surface area (Å²) in [5.74, 6) is 0.935. The Bertz CT molecular complexity index is 733. The van der Waals surface area contributed by atoms with Crippen LogP contribution in [0.1, 0.15) is 16.7 Å². The molecule has 0 fully saturated rings. The first kappa shape index (κ1) is 12.4. The molecule has 0 bridgehead atoms. The third-order valence-corrected chi connectivity index (χ3v) is 4.03. The lowest BCUT2D eigenvalue weighted by molar-refractivity contribution is 1.30. The van der Waals surface area contributed by atoms with Gasteiger partial charge in [-0.2, -0.15) is 0 Å². The van der Waals surface area contributed by atoms with E-state index in [0.717, 1.165) is 26.9 Å². The predicted octanol–water partition coefficient (Wildman–Crippen LogP) is 4.92. The van der Waals surface area contributed by atoms with Crippen molar-refractivity contribution in [1.29, 1.82) is 0 Å². The van der Waals surface area contributed by atoms with Crippen LogP contribution >= 0.6 is 15.9 Å². The van der Waals surface area contributed by atoms with Gasteiger partial charge in [0.15, 0.2) is 0 Å². The van der Waals surface area contributed by atoms with Crippen LogP contribution < -0.4 is 0 Å². The summed E-state index contributed by atoms with van der Waals surface area (Å²) >= 11 is 3.49. The number of nitrogens with zero attached hydrogens (tertiary/aromatic N) is 1. The van der Waals surface area contributed by atoms with Gasteiger partial charge in [-0.3, -0.25) is 0 Å². The molecule has 0 saturated carbocycles. The molecule has 1 aromatic heterocycles. The van der Waals surface area contributed by atoms with Crippen LogP contribution in [0.15, 0.2) is 34.8 Å². The third kappa shape index (κ3) is 2.19. The highest BCUT2D eigenvalue weighted by Crippen LogP contribution is 2.27. The van der Waals surface area contributed by atoms with Crippen molar-refractivity contribution in [2.45, 2.75) is 20.8 Å². The fourth-order valence-electron chi connectivity index (χ4n) is 2.29. The van der Waals surface area contributed by atoms with E-state index in [1.165, 1.54) is 16.7 Å². The van der Waals surface area contributed by atoms with Gasteiger partial charge < -0.3 is 4.98 Å². The molecular formula is C16H15BrN2. The molecule has 0 aliphatic rings. The predicted molar refractivity (Wildman–Crippen MR) is 83.4 cm³/mol. The zero-order valence-corrected chi connectivity index (χ0v) is 12.8. The topological polar surface area (TPSA) is 28.7 Å². The van der Waals surface area contributed by atoms with Crippen molar-refractivity contribution in [2.75, 3.05) is 0 Å². The number of rotatable bonds is 1. The lowest BCUT2D eigenvalue weighted by atomic mass is 10.1. The second-order valence-electron chi connectivity index (χ2n) is 5.00. The molecule has 3 heteroatoms. The van der Waals surface area contributed by atoms with Crippen LogP contribution in [-0.4, -0.2) is 9.97 Å². The molecule has 96 valence electrons. The maximum atomic E-state index is 4.70. The fraction of sp³-hybridized carbons (Fsp3) is 0.188. The smallest absolute Gasteiger partial charge is 0.138 e. The van der Waals surface area contributed by atoms with E-state index in [9.17, 15) is 0 Å². The van der Waals surface area contributed by atoms with E-state index < -0.39 is 0 Å². The number of halogens is 1. The number of hydrogen-bond donors (Lipinski definition) is 1. The Morgan fingerprint density at radius 1 is 0.947 bits per heavy atom. The van der Waals surface area contributed by atoms with Crippen molar-refractivity contribution >= 4 is 27.0 Å². The lowest BCUT2D eigenvalue weighted by Gasteiger charge is -2.02. The van der Waals surface area contributed by atoms with Crippen LogP contribution in [0.25, 0.3) is 22.4 Å². The molecule has 19 heavy (non-hydrogen) atoms. The van der Waals surface area contributed by atoms with Gasteiger partial charge in [0.25, 0.3) is 0 Å². The quantitative estimate of drug-likeness (QED) is 0.678. The van der Waals surface area contributed by atoms with Crippen LogP contribution in [0.2, 0.25) is 0 Å². The van der Waals surface area contributed by atoms with Crippen LogP contribution in [0.4, 0.5) is 0 Å². The van der Waals surface area contributed by atoms with Crippen molar-refractivity contribution in [3.63, 3.8) is 0 Å². The van der Waals surface area contributed by atoms with E-state index in [1.54, 1.807) is 0 Å². The molecule has 1 N–H and O–H groups in total. The van der Waals surface area contributed by atoms with Crippen molar-refractivity contribution in [3.8, 4) is 11.4 Å². The minimum Gasteiger partial charge on any atom is -0.338 e. The van der Waals surface area contributed by atoms with Crippen LogP contribution in [0.3, 0.4) is 0 Å². The second kappa shape index (κ2) is 4.49. The molecule has 0 amide bonds. The largest absolute Gasteiger partial charge is 0.338 e. The van der Waals surface area contributed by atoms with E-state index in [1.807, 2.05) is 6.07 Å². The zero-order chi connectivity index (χ0) is 13.6. The minimum absolute atomic E-state index is 0.935. The van der Waals surface area contributed by atoms with Gasteiger partial charge in [0, 0.05) is 10.0 Å². The van der Waals surface area contributed by atoms with Gasteiger partial charge in [0.1, 0.15) is 5.82 Å². The molecule has 1 heterocycles. The van der Waals surface area contributed by atoms with E-state index in [-0.39, 0.29) is 0 Å². The Labute approximate surface area is 121 Å². The summed E-state index contributed by atoms with van der Waals surface area (Å²) in [6, 6.07) is 10.6. The molecule has 0 aliphatic carbocycles. The molecule has 3 aromatic rings. The summed E-state index contributed by atoms with van der Waals surface area (Å²) in [6.45, 7) is 6.35. The van der Waals surface area contributed by atoms with Crippen molar-refractivity contribution in [2.24, 2.45) is 0 Å². The minimum atomic E-state index is 0.935. The number of aromatic amines is 1. The summed E-state index contributed by atoms with van der Waals surface area (Å²) in [6.07, 6.45) is 0. The van der Waals surface area contributed by atoms with Crippen LogP contribution in [-0.2, 0) is 0 Å². The summed E-state index contributed by atoms with van der Waals surface area (Å²) in [5.41, 5.74) is 7.05. The van der Waals surface area contributed by atoms with Gasteiger partial charge in [0.2, 0.25) is 0 Å². The molecule has 0 spiro atoms. The van der Waals surface area contributed by atoms with Gasteiger partial charge in [-0.15, -0.1) is 0 Å². The number of H-pyrrole nitrogens is 1. The molecule has 2 aromatic carbocycles. The Morgan fingerprint density at radius 3 is 2.42 bits per heavy atom. The maximum absolute atomic E-state index is 4.70. The van der Waals surface area contributed by atoms with Gasteiger partial charge >= 0.3 is 0 Å². The Kier molecular flexibility index (Phi) is 2.94. The van der Waals surface area contributed by atoms with Crippen LogP contribution in [0.5, 0.6) is 0 Å². The molecule has 0 aliphatic heterocycles. The lowest BCUT2D eigenvalue weighted by Crippen LogP contribution is -1.85. The number of aromatic nitrogens is 2. The molecule has 2 nitrogen and oxygen atoms in total. The number of imidazole rings is 1. The first-order valence-corrected chi connectivity index (χ1v) is 7.07. The van der Waals surface area contributed by atoms with Crippen molar-refractivity contribution in [3.05, 3.63) is 51.5 Å². The normalized spacial score (nSPS) is 11.2. The number of benzene rings is 2. The van der Waals surface area contributed by atoms with Crippen molar-refractivity contribution < 1.29 is 0 Å². The first-order valence-electron chi connectivity index (χ1n) is 6.28. The molecule has 0 radical (unpaired) electrons. The molecule has 3 rings (SSSR count). The number of fused-ring (bicyclic) bond motifs is 1. The van der Waals surface area contributed by atoms with Crippen molar-refractivity contribution in [1.82, 2.24) is 9.97 Å². The van der Waals surface area contributed by atoms with Gasteiger partial charge in [0.05, 0.1) is 11.0 Å². The average Bonchev–Trinajstić information content (AvgIpc) is 2.72. The van der Waals surface area contributed by atoms with Gasteiger partial charge in [-0.1, -0.05) is 15.9 Å².